The van der Waals surface area contributed by atoms with E-state index in [1.165, 1.54) is 11.1 Å². The van der Waals surface area contributed by atoms with Gasteiger partial charge in [-0.1, -0.05) is 7.43 Å². The van der Waals surface area contributed by atoms with E-state index in [0.717, 1.165) is 48.5 Å². The van der Waals surface area contributed by atoms with E-state index in [2.05, 4.69) is 21.3 Å². The maximum Gasteiger partial charge on any atom is 0.290 e. The number of fused-ring (bicyclic) bond motifs is 2. The summed E-state index contributed by atoms with van der Waals surface area (Å²) in [6.45, 7) is 1.24. The van der Waals surface area contributed by atoms with E-state index in [-0.39, 0.29) is 19.6 Å². The minimum atomic E-state index is -0.250. The summed E-state index contributed by atoms with van der Waals surface area (Å²) in [6, 6.07) is 7.98. The number of hydrogen-bond acceptors (Lipinski definition) is 9. The van der Waals surface area contributed by atoms with Gasteiger partial charge in [-0.3, -0.25) is 4.79 Å². The number of carbonyl (C=O) groups is 1. The predicted octanol–water partition coefficient (Wildman–Crippen LogP) is 3.84. The standard InChI is InChI=1S/C23H26N4O4.CH2O2.CH4/c1-29-19-10-16-17(11-18(19)28)25-23(24-15-4-5-15)26-22(16)27-7-6-13-8-20(30-2)21(31-3)9-14(13)12-27;2-1-3;/h8-11,15,28H,4-7,12H2,1-3H3,(H,24,25,26);1H,(H,2,3);1H4. The maximum absolute atomic E-state index is 10.3. The van der Waals surface area contributed by atoms with Gasteiger partial charge in [0.1, 0.15) is 5.82 Å². The molecule has 188 valence electrons. The Morgan fingerprint density at radius 1 is 1.00 bits per heavy atom. The van der Waals surface area contributed by atoms with Crippen molar-refractivity contribution < 1.29 is 29.2 Å². The number of carboxylic acid groups (broad SMARTS) is 1. The first kappa shape index (κ1) is 25.7. The van der Waals surface area contributed by atoms with Crippen molar-refractivity contribution in [1.82, 2.24) is 9.97 Å². The fourth-order valence-corrected chi connectivity index (χ4v) is 4.07. The van der Waals surface area contributed by atoms with Gasteiger partial charge < -0.3 is 34.6 Å². The summed E-state index contributed by atoms with van der Waals surface area (Å²) in [5.74, 6) is 3.36. The monoisotopic (exact) mass is 484 g/mol. The van der Waals surface area contributed by atoms with E-state index in [0.29, 0.717) is 29.8 Å². The molecule has 0 unspecified atom stereocenters. The van der Waals surface area contributed by atoms with Crippen molar-refractivity contribution in [2.24, 2.45) is 0 Å². The van der Waals surface area contributed by atoms with Crippen molar-refractivity contribution in [2.45, 2.75) is 39.3 Å². The van der Waals surface area contributed by atoms with Gasteiger partial charge in [0, 0.05) is 30.6 Å². The zero-order valence-corrected chi connectivity index (χ0v) is 19.4. The third-order valence-electron chi connectivity index (χ3n) is 5.90. The van der Waals surface area contributed by atoms with Crippen LogP contribution in [-0.4, -0.2) is 60.6 Å². The molecule has 2 aliphatic rings. The molecule has 0 atom stereocenters. The van der Waals surface area contributed by atoms with E-state index in [1.807, 2.05) is 12.1 Å². The number of phenolic OH excluding ortho intramolecular Hbond substituents is 1. The zero-order chi connectivity index (χ0) is 24.2. The first-order valence-electron chi connectivity index (χ1n) is 10.9. The van der Waals surface area contributed by atoms with Gasteiger partial charge in [-0.25, -0.2) is 4.98 Å². The van der Waals surface area contributed by atoms with Gasteiger partial charge in [0.2, 0.25) is 5.95 Å². The Hall–Kier alpha value is -3.95. The molecule has 0 saturated heterocycles. The number of aromatic nitrogens is 2. The van der Waals surface area contributed by atoms with E-state index >= 15 is 0 Å². The number of rotatable bonds is 6. The van der Waals surface area contributed by atoms with Gasteiger partial charge in [0.05, 0.1) is 26.8 Å². The summed E-state index contributed by atoms with van der Waals surface area (Å²) < 4.78 is 16.3. The maximum atomic E-state index is 10.3. The highest BCUT2D eigenvalue weighted by atomic mass is 16.5. The molecule has 3 aromatic rings. The lowest BCUT2D eigenvalue weighted by atomic mass is 9.98. The molecule has 35 heavy (non-hydrogen) atoms. The van der Waals surface area contributed by atoms with Gasteiger partial charge >= 0.3 is 0 Å². The fourth-order valence-electron chi connectivity index (χ4n) is 4.07. The molecule has 1 aliphatic carbocycles. The quantitative estimate of drug-likeness (QED) is 0.444. The molecular formula is C25H32N4O6. The highest BCUT2D eigenvalue weighted by Crippen LogP contribution is 2.39. The van der Waals surface area contributed by atoms with Gasteiger partial charge in [0.25, 0.3) is 6.47 Å². The molecule has 5 rings (SSSR count). The first-order chi connectivity index (χ1) is 16.5. The lowest BCUT2D eigenvalue weighted by Gasteiger charge is -2.31. The number of anilines is 2. The normalized spacial score (nSPS) is 14.1. The third kappa shape index (κ3) is 5.42. The average Bonchev–Trinajstić information content (AvgIpc) is 3.66. The summed E-state index contributed by atoms with van der Waals surface area (Å²) >= 11 is 0. The summed E-state index contributed by atoms with van der Waals surface area (Å²) in [6.07, 6.45) is 3.12. The van der Waals surface area contributed by atoms with Crippen molar-refractivity contribution in [3.05, 3.63) is 35.4 Å². The topological polar surface area (TPSA) is 126 Å². The van der Waals surface area contributed by atoms with Crippen LogP contribution in [0.15, 0.2) is 24.3 Å². The van der Waals surface area contributed by atoms with Crippen LogP contribution in [0.3, 0.4) is 0 Å². The SMILES string of the molecule is C.COc1cc2c(N3CCc4cc(OC)c(OC)cc4C3)nc(NC3CC3)nc2cc1O.O=CO. The second kappa shape index (κ2) is 11.0. The molecule has 1 saturated carbocycles. The van der Waals surface area contributed by atoms with Crippen LogP contribution in [0.25, 0.3) is 10.9 Å². The molecule has 0 spiro atoms. The second-order valence-electron chi connectivity index (χ2n) is 8.08. The number of nitrogens with zero attached hydrogens (tertiary/aromatic N) is 3. The Labute approximate surface area is 204 Å². The number of hydrogen-bond donors (Lipinski definition) is 3. The Kier molecular flexibility index (Phi) is 8.06. The zero-order valence-electron chi connectivity index (χ0n) is 19.4. The number of phenols is 1. The van der Waals surface area contributed by atoms with Crippen LogP contribution < -0.4 is 24.4 Å². The van der Waals surface area contributed by atoms with Crippen molar-refractivity contribution >= 4 is 29.1 Å². The molecule has 2 heterocycles. The van der Waals surface area contributed by atoms with Crippen LogP contribution in [0.1, 0.15) is 31.4 Å². The average molecular weight is 485 g/mol. The highest BCUT2D eigenvalue weighted by molar-refractivity contribution is 5.93. The van der Waals surface area contributed by atoms with E-state index in [9.17, 15) is 5.11 Å². The smallest absolute Gasteiger partial charge is 0.290 e. The molecule has 0 amide bonds. The van der Waals surface area contributed by atoms with Crippen LogP contribution in [0.5, 0.6) is 23.0 Å². The van der Waals surface area contributed by atoms with Crippen molar-refractivity contribution in [1.29, 1.82) is 0 Å². The van der Waals surface area contributed by atoms with E-state index in [4.69, 9.17) is 29.1 Å². The Morgan fingerprint density at radius 3 is 2.23 bits per heavy atom. The first-order valence-corrected chi connectivity index (χ1v) is 10.9. The molecule has 1 aromatic heterocycles. The van der Waals surface area contributed by atoms with Gasteiger partial charge in [-0.15, -0.1) is 0 Å². The number of nitrogens with one attached hydrogen (secondary N) is 1. The van der Waals surface area contributed by atoms with E-state index < -0.39 is 0 Å². The minimum Gasteiger partial charge on any atom is -0.504 e. The van der Waals surface area contributed by atoms with Gasteiger partial charge in [-0.2, -0.15) is 4.98 Å². The Balaban J connectivity index is 0.000000815. The summed E-state index contributed by atoms with van der Waals surface area (Å²) in [5, 5.41) is 21.4. The minimum absolute atomic E-state index is 0. The summed E-state index contributed by atoms with van der Waals surface area (Å²) in [4.78, 5) is 20.1. The Morgan fingerprint density at radius 2 is 1.63 bits per heavy atom. The van der Waals surface area contributed by atoms with Crippen molar-refractivity contribution in [3.63, 3.8) is 0 Å². The fraction of sp³-hybridized carbons (Fsp3) is 0.400. The number of aromatic hydroxyl groups is 1. The number of methoxy groups -OCH3 is 3. The summed E-state index contributed by atoms with van der Waals surface area (Å²) in [7, 11) is 4.85. The van der Waals surface area contributed by atoms with Crippen molar-refractivity contribution in [3.8, 4) is 23.0 Å². The lowest BCUT2D eigenvalue weighted by molar-refractivity contribution is -0.122. The predicted molar refractivity (Wildman–Crippen MR) is 134 cm³/mol. The molecule has 10 heteroatoms. The second-order valence-corrected chi connectivity index (χ2v) is 8.08. The van der Waals surface area contributed by atoms with Crippen LogP contribution >= 0.6 is 0 Å². The molecular weight excluding hydrogens is 452 g/mol. The summed E-state index contributed by atoms with van der Waals surface area (Å²) in [5.41, 5.74) is 3.11. The van der Waals surface area contributed by atoms with E-state index in [1.54, 1.807) is 27.4 Å². The lowest BCUT2D eigenvalue weighted by Crippen LogP contribution is -2.31. The Bertz CT molecular complexity index is 1200. The van der Waals surface area contributed by atoms with Gasteiger partial charge in [0.15, 0.2) is 23.0 Å². The highest BCUT2D eigenvalue weighted by Gasteiger charge is 2.26. The van der Waals surface area contributed by atoms with Crippen LogP contribution in [-0.2, 0) is 17.8 Å². The molecule has 1 fully saturated rings. The molecule has 10 nitrogen and oxygen atoms in total. The molecule has 3 N–H and O–H groups in total. The molecule has 0 bridgehead atoms. The van der Waals surface area contributed by atoms with Crippen molar-refractivity contribution in [2.75, 3.05) is 38.1 Å². The molecule has 1 aliphatic heterocycles. The van der Waals surface area contributed by atoms with Crippen LogP contribution in [0.2, 0.25) is 0 Å². The molecule has 0 radical (unpaired) electrons. The number of ether oxygens (including phenoxy) is 3. The van der Waals surface area contributed by atoms with Crippen LogP contribution in [0, 0.1) is 0 Å². The van der Waals surface area contributed by atoms with Gasteiger partial charge in [-0.05, 0) is 48.6 Å². The largest absolute Gasteiger partial charge is 0.504 e. The molecule has 2 aromatic carbocycles. The number of benzene rings is 2. The third-order valence-corrected chi connectivity index (χ3v) is 5.90. The van der Waals surface area contributed by atoms with Crippen LogP contribution in [0.4, 0.5) is 11.8 Å².